The first-order valence-corrected chi connectivity index (χ1v) is 34.0. The predicted octanol–water partition coefficient (Wildman–Crippen LogP) is 33.1. The van der Waals surface area contributed by atoms with Gasteiger partial charge in [0.25, 0.3) is 0 Å². The van der Waals surface area contributed by atoms with E-state index in [0.717, 1.165) is 56.8 Å². The molecule has 0 aromatic carbocycles. The minimum atomic E-state index is -5.17. The fraction of sp³-hybridized carbons (Fsp3) is 1.00. The summed E-state index contributed by atoms with van der Waals surface area (Å²) in [5, 5.41) is 0. The second kappa shape index (κ2) is 61.7. The van der Waals surface area contributed by atoms with Crippen molar-refractivity contribution in [1.29, 1.82) is 0 Å². The zero-order chi connectivity index (χ0) is 79.8. The maximum atomic E-state index is 11.8. The van der Waals surface area contributed by atoms with Crippen molar-refractivity contribution in [3.63, 3.8) is 0 Å². The van der Waals surface area contributed by atoms with Gasteiger partial charge in [-0.05, 0) is 73.0 Å². The van der Waals surface area contributed by atoms with Gasteiger partial charge in [0.05, 0.1) is 17.8 Å². The summed E-state index contributed by atoms with van der Waals surface area (Å²) in [6.07, 6.45) is -30.4. The molecule has 0 nitrogen and oxygen atoms in total. The fourth-order valence-corrected chi connectivity index (χ4v) is 5.22. The Bertz CT molecular complexity index is 1510. The minimum Gasteiger partial charge on any atom is -0.171 e. The first-order valence-electron chi connectivity index (χ1n) is 34.0. The molecular weight excluding hydrogens is 1340 g/mol. The van der Waals surface area contributed by atoms with Crippen LogP contribution in [0.25, 0.3) is 0 Å². The van der Waals surface area contributed by atoms with Gasteiger partial charge in [-0.25, -0.2) is 0 Å². The van der Waals surface area contributed by atoms with Crippen LogP contribution >= 0.6 is 0 Å². The van der Waals surface area contributed by atoms with Crippen LogP contribution in [0.3, 0.4) is 0 Å². The molecule has 0 aliphatic carbocycles. The van der Waals surface area contributed by atoms with E-state index < -0.39 is 118 Å². The van der Waals surface area contributed by atoms with Gasteiger partial charge in [0.2, 0.25) is 0 Å². The summed E-state index contributed by atoms with van der Waals surface area (Å²) >= 11 is 0. The standard InChI is InChI=1S/3C7H13F3.2C6H8F6.2C6H11F3.4C6H14/c1-3-4-6(2)5-7(8,9)10;1-3-4-5-6(2)7(8,9)10;1-2-3-4-5-6-7(8,9)10;1-4(6(10,11)12)2-3-5(7,8)9;1-2-3-4(5(7,8)9)6(10,11)12;1-3-4-5(2)6(7,8)9;1-2-3-4-5-6(7,8)9;2*1-5-6(2,3)4;1-5(2)6(3)4;1-4-6(3)5-2/h2*6H,3-5H2,1-2H3;2-6H2,1H3;2*4H,2-3H2,1H3;5H,3-4H2,1-2H3;2-5H2,1H3;2*5H2,1-4H3;5-6H,1-4H3;6H,4-5H2,1-3H3/t2*6-;;4-;;5-;;;;;/m00.0.0...../s1. The molecule has 0 aliphatic heterocycles. The van der Waals surface area contributed by atoms with Gasteiger partial charge in [-0.1, -0.05) is 269 Å². The average Bonchev–Trinajstić information content (AvgIpc) is 0.845. The van der Waals surface area contributed by atoms with Gasteiger partial charge in [0.1, 0.15) is 0 Å². The number of halogens is 27. The highest BCUT2D eigenvalue weighted by Crippen LogP contribution is 2.42. The quantitative estimate of drug-likeness (QED) is 0.0749. The van der Waals surface area contributed by atoms with Gasteiger partial charge in [0.15, 0.2) is 5.92 Å². The van der Waals surface area contributed by atoms with Crippen LogP contribution in [-0.4, -0.2) is 55.6 Å². The molecule has 0 saturated heterocycles. The Kier molecular flexibility index (Phi) is 76.0. The molecule has 0 spiro atoms. The second-order valence-electron chi connectivity index (χ2n) is 27.3. The van der Waals surface area contributed by atoms with Crippen LogP contribution in [-0.2, 0) is 0 Å². The van der Waals surface area contributed by atoms with E-state index >= 15 is 0 Å². The molecule has 4 atom stereocenters. The zero-order valence-corrected chi connectivity index (χ0v) is 63.0. The van der Waals surface area contributed by atoms with Crippen LogP contribution in [0.15, 0.2) is 0 Å². The SMILES string of the molecule is CC(C)C(C)C.CCC(C)(C)C.CCC(C)(C)C.CCC(C)CC.CCCC(C(F)(F)F)C(F)(F)F.CCCCCC(F)(F)F.CCCCCCC(F)(F)F.CCCC[C@H](C)C(F)(F)F.CCC[C@H](C)C(F)(F)F.CCC[C@H](C)CC(F)(F)F.C[C@@H](CCC(F)(F)F)C(F)(F)F. The van der Waals surface area contributed by atoms with Crippen LogP contribution < -0.4 is 0 Å². The van der Waals surface area contributed by atoms with Crippen molar-refractivity contribution in [2.45, 2.75) is 389 Å². The van der Waals surface area contributed by atoms with Crippen molar-refractivity contribution < 1.29 is 119 Å². The Hall–Kier alpha value is -1.89. The lowest BCUT2D eigenvalue weighted by Crippen LogP contribution is -2.36. The maximum absolute atomic E-state index is 11.8. The van der Waals surface area contributed by atoms with Gasteiger partial charge in [0, 0.05) is 25.7 Å². The molecular formula is C69H133F27. The number of hydrogen-bond acceptors (Lipinski definition) is 0. The summed E-state index contributed by atoms with van der Waals surface area (Å²) in [7, 11) is 0. The van der Waals surface area contributed by atoms with Gasteiger partial charge in [-0.3, -0.25) is 0 Å². The van der Waals surface area contributed by atoms with Crippen LogP contribution in [0.1, 0.15) is 334 Å². The van der Waals surface area contributed by atoms with Crippen LogP contribution in [0.2, 0.25) is 0 Å². The molecule has 0 bridgehead atoms. The minimum absolute atomic E-state index is 0.135. The Balaban J connectivity index is -0.0000000927. The molecule has 0 rings (SSSR count). The summed E-state index contributed by atoms with van der Waals surface area (Å²) in [5.74, 6) is -4.91. The van der Waals surface area contributed by atoms with Crippen molar-refractivity contribution in [1.82, 2.24) is 0 Å². The third kappa shape index (κ3) is 122. The lowest BCUT2D eigenvalue weighted by molar-refractivity contribution is -0.285. The first-order chi connectivity index (χ1) is 42.4. The van der Waals surface area contributed by atoms with E-state index in [-0.39, 0.29) is 38.0 Å². The molecule has 0 unspecified atom stereocenters. The molecule has 0 radical (unpaired) electrons. The Morgan fingerprint density at radius 3 is 0.677 bits per heavy atom. The van der Waals surface area contributed by atoms with E-state index in [1.807, 2.05) is 27.7 Å². The Morgan fingerprint density at radius 2 is 0.500 bits per heavy atom. The summed E-state index contributed by atoms with van der Waals surface area (Å²) in [4.78, 5) is 0. The molecule has 0 heterocycles. The van der Waals surface area contributed by atoms with Gasteiger partial charge in [-0.2, -0.15) is 119 Å². The van der Waals surface area contributed by atoms with E-state index in [2.05, 4.69) is 104 Å². The smallest absolute Gasteiger partial charge is 0.171 e. The van der Waals surface area contributed by atoms with Crippen LogP contribution in [0.4, 0.5) is 119 Å². The molecule has 27 heteroatoms. The third-order valence-electron chi connectivity index (χ3n) is 14.2. The molecule has 0 aromatic heterocycles. The van der Waals surface area contributed by atoms with Crippen molar-refractivity contribution in [3.05, 3.63) is 0 Å². The molecule has 0 amide bonds. The third-order valence-corrected chi connectivity index (χ3v) is 14.2. The van der Waals surface area contributed by atoms with Crippen LogP contribution in [0.5, 0.6) is 0 Å². The summed E-state index contributed by atoms with van der Waals surface area (Å²) in [6, 6.07) is 0. The highest BCUT2D eigenvalue weighted by molar-refractivity contribution is 4.74. The lowest BCUT2D eigenvalue weighted by Gasteiger charge is -2.21. The monoisotopic (exact) mass is 1470 g/mol. The lowest BCUT2D eigenvalue weighted by atomic mass is 9.94. The number of unbranched alkanes of at least 4 members (excludes halogenated alkanes) is 6. The molecule has 96 heavy (non-hydrogen) atoms. The Labute approximate surface area is 564 Å². The highest BCUT2D eigenvalue weighted by Gasteiger charge is 2.55. The molecule has 0 aliphatic rings. The van der Waals surface area contributed by atoms with Gasteiger partial charge >= 0.3 is 55.6 Å². The predicted molar refractivity (Wildman–Crippen MR) is 345 cm³/mol. The molecule has 0 aromatic rings. The normalized spacial score (nSPS) is 13.6. The van der Waals surface area contributed by atoms with E-state index in [0.29, 0.717) is 42.9 Å². The first kappa shape index (κ1) is 118. The fourth-order valence-electron chi connectivity index (χ4n) is 5.22. The summed E-state index contributed by atoms with van der Waals surface area (Å²) in [5.41, 5.74) is 1.08. The summed E-state index contributed by atoms with van der Waals surface area (Å²) < 4.78 is 313. The number of alkyl halides is 27. The average molecular weight is 1480 g/mol. The summed E-state index contributed by atoms with van der Waals surface area (Å²) in [6.45, 7) is 49.1. The van der Waals surface area contributed by atoms with Crippen molar-refractivity contribution >= 4 is 0 Å². The highest BCUT2D eigenvalue weighted by atomic mass is 19.4. The molecule has 0 fully saturated rings. The van der Waals surface area contributed by atoms with E-state index in [4.69, 9.17) is 0 Å². The van der Waals surface area contributed by atoms with Crippen molar-refractivity contribution in [2.24, 2.45) is 58.2 Å². The Morgan fingerprint density at radius 1 is 0.240 bits per heavy atom. The number of rotatable bonds is 22. The van der Waals surface area contributed by atoms with Crippen molar-refractivity contribution in [2.75, 3.05) is 0 Å². The topological polar surface area (TPSA) is 0 Å². The van der Waals surface area contributed by atoms with Gasteiger partial charge < -0.3 is 0 Å². The second-order valence-corrected chi connectivity index (χ2v) is 27.3. The maximum Gasteiger partial charge on any atom is 0.400 e. The van der Waals surface area contributed by atoms with Crippen LogP contribution in [0, 0.1) is 58.2 Å². The number of hydrogen-bond donors (Lipinski definition) is 0. The molecule has 598 valence electrons. The zero-order valence-electron chi connectivity index (χ0n) is 63.0. The van der Waals surface area contributed by atoms with E-state index in [1.165, 1.54) is 46.5 Å². The molecule has 0 saturated carbocycles. The van der Waals surface area contributed by atoms with Gasteiger partial charge in [-0.15, -0.1) is 0 Å². The largest absolute Gasteiger partial charge is 0.400 e. The van der Waals surface area contributed by atoms with Crippen molar-refractivity contribution in [3.8, 4) is 0 Å². The van der Waals surface area contributed by atoms with E-state index in [1.54, 1.807) is 13.8 Å². The van der Waals surface area contributed by atoms with E-state index in [9.17, 15) is 119 Å². The molecule has 0 N–H and O–H groups in total.